The third-order valence-corrected chi connectivity index (χ3v) is 4.72. The summed E-state index contributed by atoms with van der Waals surface area (Å²) in [6, 6.07) is 24.2. The van der Waals surface area contributed by atoms with Gasteiger partial charge in [-0.15, -0.1) is 0 Å². The number of para-hydroxylation sites is 1. The van der Waals surface area contributed by atoms with Gasteiger partial charge in [-0.25, -0.2) is 4.98 Å². The normalized spacial score (nSPS) is 10.6. The van der Waals surface area contributed by atoms with E-state index in [1.807, 2.05) is 74.5 Å². The van der Waals surface area contributed by atoms with Crippen LogP contribution in [-0.2, 0) is 6.54 Å². The Morgan fingerprint density at radius 3 is 1.93 bits per heavy atom. The number of pyridine rings is 1. The molecule has 2 amide bonds. The number of benzene rings is 2. The summed E-state index contributed by atoms with van der Waals surface area (Å²) in [5.41, 5.74) is 2.32. The molecule has 5 nitrogen and oxygen atoms in total. The zero-order chi connectivity index (χ0) is 20.8. The van der Waals surface area contributed by atoms with Gasteiger partial charge in [0.1, 0.15) is 11.4 Å². The quantitative estimate of drug-likeness (QED) is 0.630. The fourth-order valence-corrected chi connectivity index (χ4v) is 3.03. The van der Waals surface area contributed by atoms with E-state index in [1.165, 1.54) is 4.90 Å². The molecule has 0 aliphatic rings. The second-order valence-electron chi connectivity index (χ2n) is 7.12. The van der Waals surface area contributed by atoms with Crippen molar-refractivity contribution in [2.75, 3.05) is 11.9 Å². The lowest BCUT2D eigenvalue weighted by atomic mass is 10.1. The molecule has 0 saturated carbocycles. The summed E-state index contributed by atoms with van der Waals surface area (Å²) >= 11 is 0. The minimum atomic E-state index is -0.259. The van der Waals surface area contributed by atoms with Crippen LogP contribution in [0.4, 0.5) is 5.69 Å². The maximum atomic E-state index is 13.1. The third kappa shape index (κ3) is 4.88. The summed E-state index contributed by atoms with van der Waals surface area (Å²) < 4.78 is 0. The molecular formula is C24H25N3O2. The van der Waals surface area contributed by atoms with Crippen LogP contribution in [0.3, 0.4) is 0 Å². The van der Waals surface area contributed by atoms with Gasteiger partial charge in [-0.3, -0.25) is 9.59 Å². The number of anilines is 1. The van der Waals surface area contributed by atoms with Crippen LogP contribution < -0.4 is 4.90 Å². The molecule has 0 bridgehead atoms. The molecule has 148 valence electrons. The highest BCUT2D eigenvalue weighted by Gasteiger charge is 2.22. The maximum Gasteiger partial charge on any atom is 0.276 e. The van der Waals surface area contributed by atoms with Crippen LogP contribution in [-0.4, -0.2) is 34.8 Å². The highest BCUT2D eigenvalue weighted by atomic mass is 16.2. The van der Waals surface area contributed by atoms with Crippen molar-refractivity contribution in [3.63, 3.8) is 0 Å². The summed E-state index contributed by atoms with van der Waals surface area (Å²) in [5.74, 6) is -0.453. The monoisotopic (exact) mass is 387 g/mol. The van der Waals surface area contributed by atoms with Gasteiger partial charge >= 0.3 is 0 Å². The van der Waals surface area contributed by atoms with E-state index in [-0.39, 0.29) is 29.2 Å². The predicted molar refractivity (Wildman–Crippen MR) is 115 cm³/mol. The molecule has 1 aromatic heterocycles. The van der Waals surface area contributed by atoms with Crippen LogP contribution in [0.2, 0.25) is 0 Å². The van der Waals surface area contributed by atoms with E-state index in [2.05, 4.69) is 4.98 Å². The molecular weight excluding hydrogens is 362 g/mol. The summed E-state index contributed by atoms with van der Waals surface area (Å²) in [7, 11) is 1.70. The lowest BCUT2D eigenvalue weighted by Gasteiger charge is -2.27. The fourth-order valence-electron chi connectivity index (χ4n) is 3.03. The van der Waals surface area contributed by atoms with Gasteiger partial charge in [0.15, 0.2) is 0 Å². The van der Waals surface area contributed by atoms with E-state index in [9.17, 15) is 9.59 Å². The molecule has 0 aliphatic carbocycles. The highest BCUT2D eigenvalue weighted by molar-refractivity contribution is 6.05. The van der Waals surface area contributed by atoms with Crippen LogP contribution in [0.15, 0.2) is 78.9 Å². The SMILES string of the molecule is CC(C)N(Cc1ccccc1)C(=O)c1cccc(C(=O)N(C)c2ccccc2)n1. The number of carbonyl (C=O) groups excluding carboxylic acids is 2. The first kappa shape index (κ1) is 20.3. The predicted octanol–water partition coefficient (Wildman–Crippen LogP) is 4.41. The Balaban J connectivity index is 1.83. The number of amides is 2. The Kier molecular flexibility index (Phi) is 6.39. The summed E-state index contributed by atoms with van der Waals surface area (Å²) in [6.45, 7) is 4.43. The second-order valence-corrected chi connectivity index (χ2v) is 7.12. The molecule has 0 saturated heterocycles. The Bertz CT molecular complexity index is 972. The van der Waals surface area contributed by atoms with Crippen LogP contribution in [0, 0.1) is 0 Å². The molecule has 29 heavy (non-hydrogen) atoms. The molecule has 0 unspecified atom stereocenters. The second kappa shape index (κ2) is 9.15. The molecule has 3 aromatic rings. The summed E-state index contributed by atoms with van der Waals surface area (Å²) in [5, 5.41) is 0. The Morgan fingerprint density at radius 2 is 1.34 bits per heavy atom. The van der Waals surface area contributed by atoms with E-state index in [1.54, 1.807) is 30.1 Å². The molecule has 2 aromatic carbocycles. The minimum absolute atomic E-state index is 0.00384. The van der Waals surface area contributed by atoms with Crippen LogP contribution in [0.5, 0.6) is 0 Å². The van der Waals surface area contributed by atoms with Crippen LogP contribution in [0.25, 0.3) is 0 Å². The Hall–Kier alpha value is -3.47. The van der Waals surface area contributed by atoms with E-state index in [4.69, 9.17) is 0 Å². The van der Waals surface area contributed by atoms with Gasteiger partial charge in [-0.05, 0) is 43.7 Å². The van der Waals surface area contributed by atoms with Gasteiger partial charge in [0.05, 0.1) is 0 Å². The van der Waals surface area contributed by atoms with Gasteiger partial charge in [-0.2, -0.15) is 0 Å². The molecule has 0 spiro atoms. The van der Waals surface area contributed by atoms with Crippen LogP contribution in [0.1, 0.15) is 40.4 Å². The smallest absolute Gasteiger partial charge is 0.276 e. The lowest BCUT2D eigenvalue weighted by molar-refractivity contribution is 0.0684. The Morgan fingerprint density at radius 1 is 0.793 bits per heavy atom. The number of hydrogen-bond donors (Lipinski definition) is 0. The number of aromatic nitrogens is 1. The molecule has 0 N–H and O–H groups in total. The van der Waals surface area contributed by atoms with E-state index in [0.717, 1.165) is 11.3 Å². The first-order valence-corrected chi connectivity index (χ1v) is 9.62. The summed E-state index contributed by atoms with van der Waals surface area (Å²) in [6.07, 6.45) is 0. The van der Waals surface area contributed by atoms with Gasteiger partial charge in [-0.1, -0.05) is 54.6 Å². The first-order valence-electron chi connectivity index (χ1n) is 9.62. The zero-order valence-corrected chi connectivity index (χ0v) is 16.9. The number of carbonyl (C=O) groups is 2. The van der Waals surface area contributed by atoms with Crippen molar-refractivity contribution in [2.24, 2.45) is 0 Å². The average molecular weight is 387 g/mol. The molecule has 3 rings (SSSR count). The largest absolute Gasteiger partial charge is 0.331 e. The van der Waals surface area contributed by atoms with Gasteiger partial charge in [0.25, 0.3) is 11.8 Å². The minimum Gasteiger partial charge on any atom is -0.331 e. The fraction of sp³-hybridized carbons (Fsp3) is 0.208. The van der Waals surface area contributed by atoms with Crippen LogP contribution >= 0.6 is 0 Å². The van der Waals surface area contributed by atoms with Crippen molar-refractivity contribution in [1.29, 1.82) is 0 Å². The van der Waals surface area contributed by atoms with Crippen molar-refractivity contribution < 1.29 is 9.59 Å². The van der Waals surface area contributed by atoms with Crippen molar-refractivity contribution in [3.8, 4) is 0 Å². The molecule has 0 radical (unpaired) electrons. The zero-order valence-electron chi connectivity index (χ0n) is 16.9. The molecule has 5 heteroatoms. The van der Waals surface area contributed by atoms with Crippen molar-refractivity contribution in [3.05, 3.63) is 95.8 Å². The van der Waals surface area contributed by atoms with Gasteiger partial charge < -0.3 is 9.80 Å². The molecule has 1 heterocycles. The van der Waals surface area contributed by atoms with E-state index < -0.39 is 0 Å². The topological polar surface area (TPSA) is 53.5 Å². The molecule has 0 atom stereocenters. The Labute approximate surface area is 171 Å². The van der Waals surface area contributed by atoms with Crippen molar-refractivity contribution >= 4 is 17.5 Å². The molecule has 0 aliphatic heterocycles. The highest BCUT2D eigenvalue weighted by Crippen LogP contribution is 2.16. The number of hydrogen-bond acceptors (Lipinski definition) is 3. The average Bonchev–Trinajstić information content (AvgIpc) is 2.77. The number of nitrogens with zero attached hydrogens (tertiary/aromatic N) is 3. The molecule has 0 fully saturated rings. The lowest BCUT2D eigenvalue weighted by Crippen LogP contribution is -2.37. The van der Waals surface area contributed by atoms with Gasteiger partial charge in [0.2, 0.25) is 0 Å². The number of rotatable bonds is 6. The van der Waals surface area contributed by atoms with E-state index >= 15 is 0 Å². The van der Waals surface area contributed by atoms with Crippen molar-refractivity contribution in [2.45, 2.75) is 26.4 Å². The van der Waals surface area contributed by atoms with Crippen molar-refractivity contribution in [1.82, 2.24) is 9.88 Å². The maximum absolute atomic E-state index is 13.1. The van der Waals surface area contributed by atoms with Gasteiger partial charge in [0, 0.05) is 25.3 Å². The van der Waals surface area contributed by atoms with E-state index in [0.29, 0.717) is 6.54 Å². The first-order chi connectivity index (χ1) is 14.0. The third-order valence-electron chi connectivity index (χ3n) is 4.72. The standard InChI is InChI=1S/C24H25N3O2/c1-18(2)27(17-19-11-6-4-7-12-19)24(29)22-16-10-15-21(25-22)23(28)26(3)20-13-8-5-9-14-20/h4-16,18H,17H2,1-3H3. The summed E-state index contributed by atoms with van der Waals surface area (Å²) in [4.78, 5) is 33.7.